The first-order valence-corrected chi connectivity index (χ1v) is 6.01. The maximum Gasteiger partial charge on any atom is 0.194 e. The van der Waals surface area contributed by atoms with Gasteiger partial charge >= 0.3 is 0 Å². The number of halogens is 3. The highest BCUT2D eigenvalue weighted by Gasteiger charge is 2.09. The second-order valence-corrected chi connectivity index (χ2v) is 4.49. The molecule has 0 radical (unpaired) electrons. The van der Waals surface area contributed by atoms with Gasteiger partial charge in [0.05, 0.1) is 0 Å². The van der Waals surface area contributed by atoms with Gasteiger partial charge in [0.25, 0.3) is 0 Å². The van der Waals surface area contributed by atoms with Crippen molar-refractivity contribution in [1.82, 2.24) is 5.32 Å². The largest absolute Gasteiger partial charge is 0.311 e. The zero-order valence-electron chi connectivity index (χ0n) is 10.9. The lowest BCUT2D eigenvalue weighted by Gasteiger charge is -2.10. The quantitative estimate of drug-likeness (QED) is 0.789. The van der Waals surface area contributed by atoms with Crippen molar-refractivity contribution in [3.63, 3.8) is 0 Å². The summed E-state index contributed by atoms with van der Waals surface area (Å²) in [4.78, 5) is 0. The first kappa shape index (κ1) is 14.8. The van der Waals surface area contributed by atoms with Crippen LogP contribution in [0.2, 0.25) is 0 Å². The van der Waals surface area contributed by atoms with Gasteiger partial charge in [-0.2, -0.15) is 0 Å². The summed E-state index contributed by atoms with van der Waals surface area (Å²) < 4.78 is 38.9. The molecule has 18 heavy (non-hydrogen) atoms. The molecule has 0 bridgehead atoms. The van der Waals surface area contributed by atoms with Gasteiger partial charge in [0.15, 0.2) is 17.5 Å². The topological polar surface area (TPSA) is 12.0 Å². The minimum atomic E-state index is -1.43. The van der Waals surface area contributed by atoms with E-state index >= 15 is 0 Å². The van der Waals surface area contributed by atoms with Crippen LogP contribution in [0, 0.1) is 17.5 Å². The Balaban J connectivity index is 2.91. The van der Waals surface area contributed by atoms with Gasteiger partial charge in [-0.3, -0.25) is 0 Å². The fraction of sp³-hybridized carbons (Fsp3) is 0.429. The second-order valence-electron chi connectivity index (χ2n) is 4.49. The third-order valence-electron chi connectivity index (χ3n) is 2.57. The van der Waals surface area contributed by atoms with Gasteiger partial charge in [-0.15, -0.1) is 0 Å². The molecular weight excluding hydrogens is 239 g/mol. The molecule has 1 aromatic carbocycles. The van der Waals surface area contributed by atoms with Crippen molar-refractivity contribution in [2.24, 2.45) is 0 Å². The summed E-state index contributed by atoms with van der Waals surface area (Å²) in [6, 6.07) is 2.34. The maximum atomic E-state index is 13.0. The van der Waals surface area contributed by atoms with Gasteiger partial charge in [0.1, 0.15) is 0 Å². The smallest absolute Gasteiger partial charge is 0.194 e. The second kappa shape index (κ2) is 6.59. The SMILES string of the molecule is CCC(=Cc1cc(F)c(F)c(F)c1)CNC(C)C. The van der Waals surface area contributed by atoms with Crippen molar-refractivity contribution in [2.45, 2.75) is 33.2 Å². The minimum absolute atomic E-state index is 0.335. The van der Waals surface area contributed by atoms with E-state index in [1.54, 1.807) is 6.08 Å². The molecular formula is C14H18F3N. The molecule has 4 heteroatoms. The van der Waals surface area contributed by atoms with Crippen LogP contribution in [0.25, 0.3) is 6.08 Å². The predicted molar refractivity (Wildman–Crippen MR) is 67.7 cm³/mol. The van der Waals surface area contributed by atoms with E-state index in [0.29, 0.717) is 18.2 Å². The van der Waals surface area contributed by atoms with Gasteiger partial charge in [-0.25, -0.2) is 13.2 Å². The molecule has 1 N–H and O–H groups in total. The Hall–Kier alpha value is -1.29. The van der Waals surface area contributed by atoms with Crippen molar-refractivity contribution >= 4 is 6.08 Å². The van der Waals surface area contributed by atoms with Crippen LogP contribution >= 0.6 is 0 Å². The Morgan fingerprint density at radius 3 is 2.22 bits per heavy atom. The highest BCUT2D eigenvalue weighted by molar-refractivity contribution is 5.53. The number of nitrogens with one attached hydrogen (secondary N) is 1. The summed E-state index contributed by atoms with van der Waals surface area (Å²) >= 11 is 0. The normalized spacial score (nSPS) is 12.3. The molecule has 0 unspecified atom stereocenters. The van der Waals surface area contributed by atoms with Crippen LogP contribution < -0.4 is 5.32 Å². The molecule has 1 aromatic rings. The Morgan fingerprint density at radius 1 is 1.22 bits per heavy atom. The molecule has 0 fully saturated rings. The van der Waals surface area contributed by atoms with Crippen LogP contribution in [0.3, 0.4) is 0 Å². The van der Waals surface area contributed by atoms with Crippen molar-refractivity contribution in [3.05, 3.63) is 40.7 Å². The lowest BCUT2D eigenvalue weighted by molar-refractivity contribution is 0.447. The molecule has 100 valence electrons. The minimum Gasteiger partial charge on any atom is -0.311 e. The molecule has 0 heterocycles. The molecule has 0 saturated heterocycles. The first-order valence-electron chi connectivity index (χ1n) is 6.01. The molecule has 0 aliphatic heterocycles. The average Bonchev–Trinajstić information content (AvgIpc) is 2.31. The van der Waals surface area contributed by atoms with E-state index in [1.807, 2.05) is 20.8 Å². The number of benzene rings is 1. The first-order chi connectivity index (χ1) is 8.43. The van der Waals surface area contributed by atoms with E-state index in [1.165, 1.54) is 0 Å². The number of hydrogen-bond donors (Lipinski definition) is 1. The van der Waals surface area contributed by atoms with Crippen molar-refractivity contribution in [1.29, 1.82) is 0 Å². The van der Waals surface area contributed by atoms with Gasteiger partial charge in [0, 0.05) is 12.6 Å². The maximum absolute atomic E-state index is 13.0. The van der Waals surface area contributed by atoms with Crippen molar-refractivity contribution < 1.29 is 13.2 Å². The Morgan fingerprint density at radius 2 is 1.78 bits per heavy atom. The third-order valence-corrected chi connectivity index (χ3v) is 2.57. The van der Waals surface area contributed by atoms with Crippen LogP contribution in [0.4, 0.5) is 13.2 Å². The standard InChI is InChI=1S/C14H18F3N/c1-4-10(8-18-9(2)3)5-11-6-12(15)14(17)13(16)7-11/h5-7,9,18H,4,8H2,1-3H3. The van der Waals surface area contributed by atoms with E-state index in [4.69, 9.17) is 0 Å². The van der Waals surface area contributed by atoms with E-state index < -0.39 is 17.5 Å². The fourth-order valence-electron chi connectivity index (χ4n) is 1.51. The highest BCUT2D eigenvalue weighted by atomic mass is 19.2. The summed E-state index contributed by atoms with van der Waals surface area (Å²) in [5.74, 6) is -3.74. The number of hydrogen-bond acceptors (Lipinski definition) is 1. The molecule has 1 rings (SSSR count). The fourth-order valence-corrected chi connectivity index (χ4v) is 1.51. The molecule has 0 aromatic heterocycles. The molecule has 0 spiro atoms. The van der Waals surface area contributed by atoms with E-state index in [0.717, 1.165) is 24.1 Å². The van der Waals surface area contributed by atoms with E-state index in [9.17, 15) is 13.2 Å². The van der Waals surface area contributed by atoms with Crippen molar-refractivity contribution in [3.8, 4) is 0 Å². The molecule has 0 aliphatic rings. The molecule has 0 amide bonds. The Labute approximate surface area is 106 Å². The van der Waals surface area contributed by atoms with Crippen LogP contribution in [0.15, 0.2) is 17.7 Å². The molecule has 1 nitrogen and oxygen atoms in total. The van der Waals surface area contributed by atoms with Crippen LogP contribution in [0.5, 0.6) is 0 Å². The van der Waals surface area contributed by atoms with Gasteiger partial charge < -0.3 is 5.32 Å². The van der Waals surface area contributed by atoms with Crippen LogP contribution in [-0.4, -0.2) is 12.6 Å². The zero-order chi connectivity index (χ0) is 13.7. The Kier molecular flexibility index (Phi) is 5.41. The molecule has 0 saturated carbocycles. The molecule has 0 aliphatic carbocycles. The zero-order valence-corrected chi connectivity index (χ0v) is 10.9. The Bertz CT molecular complexity index is 416. The average molecular weight is 257 g/mol. The monoisotopic (exact) mass is 257 g/mol. The van der Waals surface area contributed by atoms with Crippen molar-refractivity contribution in [2.75, 3.05) is 6.54 Å². The van der Waals surface area contributed by atoms with Crippen LogP contribution in [0.1, 0.15) is 32.8 Å². The lowest BCUT2D eigenvalue weighted by atomic mass is 10.1. The lowest BCUT2D eigenvalue weighted by Crippen LogP contribution is -2.24. The van der Waals surface area contributed by atoms with E-state index in [2.05, 4.69) is 5.32 Å². The van der Waals surface area contributed by atoms with Gasteiger partial charge in [-0.1, -0.05) is 32.4 Å². The molecule has 0 atom stereocenters. The van der Waals surface area contributed by atoms with Crippen LogP contribution in [-0.2, 0) is 0 Å². The summed E-state index contributed by atoms with van der Waals surface area (Å²) in [5.41, 5.74) is 1.35. The third kappa shape index (κ3) is 4.18. The predicted octanol–water partition coefficient (Wildman–Crippen LogP) is 3.90. The van der Waals surface area contributed by atoms with E-state index in [-0.39, 0.29) is 0 Å². The summed E-state index contributed by atoms with van der Waals surface area (Å²) in [6.45, 7) is 6.65. The van der Waals surface area contributed by atoms with Gasteiger partial charge in [0.2, 0.25) is 0 Å². The highest BCUT2D eigenvalue weighted by Crippen LogP contribution is 2.16. The summed E-state index contributed by atoms with van der Waals surface area (Å²) in [6.07, 6.45) is 2.45. The summed E-state index contributed by atoms with van der Waals surface area (Å²) in [7, 11) is 0. The summed E-state index contributed by atoms with van der Waals surface area (Å²) in [5, 5.41) is 3.23. The van der Waals surface area contributed by atoms with Gasteiger partial charge in [-0.05, 0) is 24.1 Å². The number of rotatable bonds is 5.